The van der Waals surface area contributed by atoms with E-state index < -0.39 is 6.09 Å². The highest BCUT2D eigenvalue weighted by Crippen LogP contribution is 2.37. The molecule has 2 heterocycles. The third kappa shape index (κ3) is 3.61. The molecule has 0 unspecified atom stereocenters. The smallest absolute Gasteiger partial charge is 0.409 e. The zero-order chi connectivity index (χ0) is 21.3. The number of hydrogen-bond donors (Lipinski definition) is 2. The molecule has 1 aliphatic rings. The second-order valence-electron chi connectivity index (χ2n) is 6.94. The number of rotatable bonds is 3. The fraction of sp³-hybridized carbons (Fsp3) is 0.227. The Morgan fingerprint density at radius 2 is 1.83 bits per heavy atom. The number of nitrogens with zero attached hydrogens (tertiary/aromatic N) is 1. The average molecular weight is 423 g/mol. The van der Waals surface area contributed by atoms with Gasteiger partial charge in [-0.25, -0.2) is 4.79 Å². The van der Waals surface area contributed by atoms with Gasteiger partial charge >= 0.3 is 6.09 Å². The van der Waals surface area contributed by atoms with Crippen LogP contribution in [0.3, 0.4) is 0 Å². The topological polar surface area (TPSA) is 87.7 Å². The van der Waals surface area contributed by atoms with Crippen molar-refractivity contribution in [2.75, 3.05) is 26.0 Å². The summed E-state index contributed by atoms with van der Waals surface area (Å²) < 4.78 is 4.81. The molecule has 0 saturated carbocycles. The molecule has 30 heavy (non-hydrogen) atoms. The first-order valence-corrected chi connectivity index (χ1v) is 10.3. The van der Waals surface area contributed by atoms with Crippen molar-refractivity contribution in [2.24, 2.45) is 0 Å². The second-order valence-corrected chi connectivity index (χ2v) is 8.05. The number of methoxy groups -OCH3 is 1. The molecular weight excluding hydrogens is 402 g/mol. The van der Waals surface area contributed by atoms with Crippen LogP contribution in [0.15, 0.2) is 42.5 Å². The quantitative estimate of drug-likeness (QED) is 0.673. The fourth-order valence-corrected chi connectivity index (χ4v) is 4.90. The van der Waals surface area contributed by atoms with Crippen molar-refractivity contribution in [3.05, 3.63) is 64.0 Å². The average Bonchev–Trinajstić information content (AvgIpc) is 3.14. The van der Waals surface area contributed by atoms with Gasteiger partial charge in [0.25, 0.3) is 11.8 Å². The van der Waals surface area contributed by atoms with E-state index in [9.17, 15) is 14.4 Å². The Balaban J connectivity index is 1.66. The third-order valence-electron chi connectivity index (χ3n) is 5.18. The number of thiophene rings is 1. The normalized spacial score (nSPS) is 12.9. The fourth-order valence-electron chi connectivity index (χ4n) is 3.65. The number of fused-ring (bicyclic) bond motifs is 2. The Morgan fingerprint density at radius 3 is 2.57 bits per heavy atom. The van der Waals surface area contributed by atoms with Gasteiger partial charge in [-0.3, -0.25) is 9.59 Å². The minimum atomic E-state index is -0.405. The number of benzene rings is 2. The van der Waals surface area contributed by atoms with Gasteiger partial charge in [0.1, 0.15) is 5.00 Å². The SMILES string of the molecule is CNC(=O)c1c(NC(=O)c2ccc3ccccc3c2)sc2c1CCN(C(=O)OC)C2. The molecule has 0 bridgehead atoms. The van der Waals surface area contributed by atoms with Crippen LogP contribution in [-0.2, 0) is 17.7 Å². The van der Waals surface area contributed by atoms with Crippen LogP contribution in [0.25, 0.3) is 10.8 Å². The number of anilines is 1. The molecule has 2 N–H and O–H groups in total. The highest BCUT2D eigenvalue weighted by molar-refractivity contribution is 7.17. The lowest BCUT2D eigenvalue weighted by atomic mass is 10.0. The van der Waals surface area contributed by atoms with Crippen LogP contribution >= 0.6 is 11.3 Å². The van der Waals surface area contributed by atoms with Crippen molar-refractivity contribution in [1.82, 2.24) is 10.2 Å². The second kappa shape index (κ2) is 8.16. The summed E-state index contributed by atoms with van der Waals surface area (Å²) in [5, 5.41) is 8.07. The molecule has 0 aliphatic carbocycles. The highest BCUT2D eigenvalue weighted by Gasteiger charge is 2.30. The molecule has 0 spiro atoms. The Bertz CT molecular complexity index is 1150. The Morgan fingerprint density at radius 1 is 1.07 bits per heavy atom. The van der Waals surface area contributed by atoms with Crippen molar-refractivity contribution in [2.45, 2.75) is 13.0 Å². The summed E-state index contributed by atoms with van der Waals surface area (Å²) in [7, 11) is 2.91. The first-order chi connectivity index (χ1) is 14.5. The minimum Gasteiger partial charge on any atom is -0.453 e. The van der Waals surface area contributed by atoms with Crippen LogP contribution in [0.2, 0.25) is 0 Å². The largest absolute Gasteiger partial charge is 0.453 e. The lowest BCUT2D eigenvalue weighted by molar-refractivity contribution is 0.0962. The van der Waals surface area contributed by atoms with Gasteiger partial charge < -0.3 is 20.3 Å². The summed E-state index contributed by atoms with van der Waals surface area (Å²) in [5.74, 6) is -0.540. The number of amides is 3. The third-order valence-corrected chi connectivity index (χ3v) is 6.31. The molecule has 8 heteroatoms. The van der Waals surface area contributed by atoms with E-state index in [0.717, 1.165) is 21.2 Å². The molecule has 0 radical (unpaired) electrons. The van der Waals surface area contributed by atoms with E-state index in [0.29, 0.717) is 35.6 Å². The molecule has 2 aromatic carbocycles. The molecule has 4 rings (SSSR count). The van der Waals surface area contributed by atoms with Crippen LogP contribution in [0.1, 0.15) is 31.2 Å². The van der Waals surface area contributed by atoms with Crippen LogP contribution in [0, 0.1) is 0 Å². The van der Waals surface area contributed by atoms with Gasteiger partial charge in [-0.05, 0) is 34.9 Å². The summed E-state index contributed by atoms with van der Waals surface area (Å²) >= 11 is 1.32. The maximum atomic E-state index is 12.9. The molecule has 0 saturated heterocycles. The predicted octanol–water partition coefficient (Wildman–Crippen LogP) is 3.64. The van der Waals surface area contributed by atoms with Gasteiger partial charge in [-0.2, -0.15) is 0 Å². The van der Waals surface area contributed by atoms with E-state index in [2.05, 4.69) is 10.6 Å². The number of nitrogens with one attached hydrogen (secondary N) is 2. The highest BCUT2D eigenvalue weighted by atomic mass is 32.1. The summed E-state index contributed by atoms with van der Waals surface area (Å²) in [4.78, 5) is 39.8. The van der Waals surface area contributed by atoms with E-state index in [1.807, 2.05) is 36.4 Å². The molecule has 1 aliphatic heterocycles. The van der Waals surface area contributed by atoms with Gasteiger partial charge in [0.2, 0.25) is 0 Å². The Hall–Kier alpha value is -3.39. The maximum absolute atomic E-state index is 12.9. The molecule has 3 amide bonds. The number of carbonyl (C=O) groups is 3. The van der Waals surface area contributed by atoms with Crippen molar-refractivity contribution in [1.29, 1.82) is 0 Å². The maximum Gasteiger partial charge on any atom is 0.409 e. The summed E-state index contributed by atoms with van der Waals surface area (Å²) in [6, 6.07) is 13.3. The number of hydrogen-bond acceptors (Lipinski definition) is 5. The van der Waals surface area contributed by atoms with Gasteiger partial charge in [0.05, 0.1) is 19.2 Å². The van der Waals surface area contributed by atoms with Crippen molar-refractivity contribution < 1.29 is 19.1 Å². The van der Waals surface area contributed by atoms with Crippen LogP contribution in [0.5, 0.6) is 0 Å². The van der Waals surface area contributed by atoms with Crippen LogP contribution in [-0.4, -0.2) is 43.5 Å². The first kappa shape index (κ1) is 19.9. The first-order valence-electron chi connectivity index (χ1n) is 9.51. The van der Waals surface area contributed by atoms with Gasteiger partial charge in [-0.15, -0.1) is 11.3 Å². The monoisotopic (exact) mass is 423 g/mol. The lowest BCUT2D eigenvalue weighted by Crippen LogP contribution is -2.35. The molecule has 154 valence electrons. The lowest BCUT2D eigenvalue weighted by Gasteiger charge is -2.25. The zero-order valence-electron chi connectivity index (χ0n) is 16.7. The molecule has 0 fully saturated rings. The van der Waals surface area contributed by atoms with Gasteiger partial charge in [0.15, 0.2) is 0 Å². The van der Waals surface area contributed by atoms with E-state index in [1.165, 1.54) is 18.4 Å². The molecule has 1 aromatic heterocycles. The summed E-state index contributed by atoms with van der Waals surface area (Å²) in [6.45, 7) is 0.807. The number of ether oxygens (including phenoxy) is 1. The standard InChI is InChI=1S/C22H21N3O4S/c1-23-20(27)18-16-9-10-25(22(28)29-2)12-17(16)30-21(18)24-19(26)15-8-7-13-5-3-4-6-14(13)11-15/h3-8,11H,9-10,12H2,1-2H3,(H,23,27)(H,24,26). The van der Waals surface area contributed by atoms with Gasteiger partial charge in [-0.1, -0.05) is 30.3 Å². The minimum absolute atomic E-state index is 0.257. The molecular formula is C22H21N3O4S. The predicted molar refractivity (Wildman–Crippen MR) is 116 cm³/mol. The zero-order valence-corrected chi connectivity index (χ0v) is 17.5. The molecule has 3 aromatic rings. The van der Waals surface area contributed by atoms with Crippen molar-refractivity contribution in [3.63, 3.8) is 0 Å². The molecule has 0 atom stereocenters. The van der Waals surface area contributed by atoms with Crippen molar-refractivity contribution in [3.8, 4) is 0 Å². The summed E-state index contributed by atoms with van der Waals surface area (Å²) in [5.41, 5.74) is 1.85. The Kier molecular flexibility index (Phi) is 5.41. The summed E-state index contributed by atoms with van der Waals surface area (Å²) in [6.07, 6.45) is 0.118. The molecule has 7 nitrogen and oxygen atoms in total. The van der Waals surface area contributed by atoms with Crippen molar-refractivity contribution >= 4 is 45.0 Å². The van der Waals surface area contributed by atoms with E-state index >= 15 is 0 Å². The van der Waals surface area contributed by atoms with Gasteiger partial charge in [0, 0.05) is 24.0 Å². The van der Waals surface area contributed by atoms with E-state index in [1.54, 1.807) is 18.0 Å². The number of carbonyl (C=O) groups excluding carboxylic acids is 3. The van der Waals surface area contributed by atoms with E-state index in [-0.39, 0.29) is 11.8 Å². The van der Waals surface area contributed by atoms with Crippen LogP contribution in [0.4, 0.5) is 9.80 Å². The van der Waals surface area contributed by atoms with Crippen LogP contribution < -0.4 is 10.6 Å². The Labute approximate surface area is 177 Å². The van der Waals surface area contributed by atoms with E-state index in [4.69, 9.17) is 4.74 Å².